The largest absolute Gasteiger partial charge is 0.438 e. The van der Waals surface area contributed by atoms with Gasteiger partial charge in [0, 0.05) is 41.6 Å². The van der Waals surface area contributed by atoms with Crippen molar-refractivity contribution in [2.45, 2.75) is 39.5 Å². The molecule has 5 aromatic rings. The lowest BCUT2D eigenvalue weighted by molar-refractivity contribution is -0.122. The second-order valence-electron chi connectivity index (χ2n) is 11.2. The number of ketones is 1. The van der Waals surface area contributed by atoms with Gasteiger partial charge in [0.15, 0.2) is 5.78 Å². The van der Waals surface area contributed by atoms with Crippen LogP contribution in [-0.2, 0) is 21.4 Å². The summed E-state index contributed by atoms with van der Waals surface area (Å²) in [6.07, 6.45) is 1.59. The van der Waals surface area contributed by atoms with Gasteiger partial charge in [0.2, 0.25) is 5.88 Å². The summed E-state index contributed by atoms with van der Waals surface area (Å²) in [4.78, 5) is 33.8. The predicted molar refractivity (Wildman–Crippen MR) is 166 cm³/mol. The van der Waals surface area contributed by atoms with Crippen LogP contribution in [0, 0.1) is 6.92 Å². The van der Waals surface area contributed by atoms with Gasteiger partial charge in [0.25, 0.3) is 0 Å². The highest BCUT2D eigenvalue weighted by Crippen LogP contribution is 2.34. The second-order valence-corrected chi connectivity index (χ2v) is 11.2. The fourth-order valence-electron chi connectivity index (χ4n) is 4.48. The van der Waals surface area contributed by atoms with Crippen LogP contribution in [0.1, 0.15) is 37.9 Å². The maximum Gasteiger partial charge on any atom is 0.324 e. The third-order valence-electron chi connectivity index (χ3n) is 6.69. The summed E-state index contributed by atoms with van der Waals surface area (Å²) < 4.78 is 12.7. The first-order valence-electron chi connectivity index (χ1n) is 13.9. The summed E-state index contributed by atoms with van der Waals surface area (Å²) in [5.41, 5.74) is 3.23. The van der Waals surface area contributed by atoms with Gasteiger partial charge in [-0.1, -0.05) is 62.7 Å². The van der Waals surface area contributed by atoms with Crippen LogP contribution < -0.4 is 15.4 Å². The standard InChI is InChI=1S/C33H34N6O4/c1-21-10-12-22(13-11-21)39-30(19-28(38-39)33(2,3)4)37-32(41)35-26-14-15-27(25-9-7-6-8-24(25)26)43-31-16-17-34-29(36-31)18-23(40)20-42-5/h6-17,19H,18,20H2,1-5H3,(H2,35,37,41). The smallest absolute Gasteiger partial charge is 0.324 e. The van der Waals surface area contributed by atoms with Gasteiger partial charge in [-0.05, 0) is 31.2 Å². The van der Waals surface area contributed by atoms with Crippen LogP contribution in [0.3, 0.4) is 0 Å². The van der Waals surface area contributed by atoms with Crippen molar-refractivity contribution >= 4 is 34.1 Å². The zero-order valence-corrected chi connectivity index (χ0v) is 24.8. The molecule has 2 N–H and O–H groups in total. The highest BCUT2D eigenvalue weighted by atomic mass is 16.5. The minimum atomic E-state index is -0.409. The van der Waals surface area contributed by atoms with Crippen molar-refractivity contribution in [1.82, 2.24) is 19.7 Å². The van der Waals surface area contributed by atoms with E-state index in [4.69, 9.17) is 14.6 Å². The van der Waals surface area contributed by atoms with Crippen molar-refractivity contribution < 1.29 is 19.1 Å². The molecule has 0 bridgehead atoms. The molecule has 5 rings (SSSR count). The Labute approximate surface area is 250 Å². The van der Waals surface area contributed by atoms with Crippen LogP contribution >= 0.6 is 0 Å². The number of carbonyl (C=O) groups excluding carboxylic acids is 2. The van der Waals surface area contributed by atoms with Gasteiger partial charge >= 0.3 is 6.03 Å². The van der Waals surface area contributed by atoms with E-state index < -0.39 is 6.03 Å². The summed E-state index contributed by atoms with van der Waals surface area (Å²) in [6, 6.07) is 22.2. The lowest BCUT2D eigenvalue weighted by Gasteiger charge is -2.14. The number of rotatable bonds is 9. The Bertz CT molecular complexity index is 1770. The summed E-state index contributed by atoms with van der Waals surface area (Å²) >= 11 is 0. The molecule has 3 aromatic carbocycles. The molecule has 0 fully saturated rings. The number of nitrogens with one attached hydrogen (secondary N) is 2. The third-order valence-corrected chi connectivity index (χ3v) is 6.69. The van der Waals surface area contributed by atoms with E-state index in [1.807, 2.05) is 61.5 Å². The molecule has 2 heterocycles. The van der Waals surface area contributed by atoms with Gasteiger partial charge in [-0.3, -0.25) is 10.1 Å². The SMILES string of the molecule is COCC(=O)Cc1nccc(Oc2ccc(NC(=O)Nc3cc(C(C)(C)C)nn3-c3ccc(C)cc3)c3ccccc23)n1. The maximum atomic E-state index is 13.3. The van der Waals surface area contributed by atoms with E-state index >= 15 is 0 Å². The van der Waals surface area contributed by atoms with E-state index in [0.29, 0.717) is 29.0 Å². The molecule has 0 spiro atoms. The number of carbonyl (C=O) groups is 2. The number of aromatic nitrogens is 4. The Morgan fingerprint density at radius 2 is 1.67 bits per heavy atom. The molecule has 0 atom stereocenters. The summed E-state index contributed by atoms with van der Waals surface area (Å²) in [5.74, 6) is 1.62. The van der Waals surface area contributed by atoms with Crippen LogP contribution in [-0.4, -0.2) is 45.3 Å². The molecular formula is C33H34N6O4. The quantitative estimate of drug-likeness (QED) is 0.202. The minimum Gasteiger partial charge on any atom is -0.438 e. The molecule has 0 saturated heterocycles. The normalized spacial score (nSPS) is 11.4. The predicted octanol–water partition coefficient (Wildman–Crippen LogP) is 6.62. The fourth-order valence-corrected chi connectivity index (χ4v) is 4.48. The summed E-state index contributed by atoms with van der Waals surface area (Å²) in [5, 5.41) is 12.3. The van der Waals surface area contributed by atoms with E-state index in [-0.39, 0.29) is 24.2 Å². The topological polar surface area (TPSA) is 120 Å². The first-order valence-corrected chi connectivity index (χ1v) is 13.9. The molecule has 0 aliphatic rings. The third kappa shape index (κ3) is 7.04. The van der Waals surface area contributed by atoms with Gasteiger partial charge in [-0.15, -0.1) is 0 Å². The highest BCUT2D eigenvalue weighted by molar-refractivity contribution is 6.07. The number of fused-ring (bicyclic) bond motifs is 1. The molecule has 0 unspecified atom stereocenters. The van der Waals surface area contributed by atoms with Crippen LogP contribution in [0.2, 0.25) is 0 Å². The number of amides is 2. The van der Waals surface area contributed by atoms with E-state index in [1.54, 1.807) is 29.1 Å². The van der Waals surface area contributed by atoms with Crippen molar-refractivity contribution in [3.63, 3.8) is 0 Å². The Morgan fingerprint density at radius 1 is 0.930 bits per heavy atom. The first kappa shape index (κ1) is 29.4. The number of anilines is 2. The van der Waals surface area contributed by atoms with Crippen molar-refractivity contribution in [3.05, 3.63) is 96.1 Å². The molecule has 220 valence electrons. The lowest BCUT2D eigenvalue weighted by Crippen LogP contribution is -2.21. The van der Waals surface area contributed by atoms with Gasteiger partial charge in [0.1, 0.15) is 24.0 Å². The van der Waals surface area contributed by atoms with Crippen LogP contribution in [0.5, 0.6) is 11.6 Å². The molecule has 10 heteroatoms. The average Bonchev–Trinajstić information content (AvgIpc) is 3.39. The van der Waals surface area contributed by atoms with E-state index in [2.05, 4.69) is 41.4 Å². The van der Waals surface area contributed by atoms with Gasteiger partial charge < -0.3 is 14.8 Å². The number of Topliss-reactive ketones (excluding diaryl/α,β-unsaturated/α-hetero) is 1. The van der Waals surface area contributed by atoms with E-state index in [9.17, 15) is 9.59 Å². The van der Waals surface area contributed by atoms with Gasteiger partial charge in [-0.2, -0.15) is 10.1 Å². The Kier molecular flexibility index (Phi) is 8.49. The van der Waals surface area contributed by atoms with Crippen LogP contribution in [0.25, 0.3) is 16.5 Å². The molecule has 2 aromatic heterocycles. The number of hydrogen-bond acceptors (Lipinski definition) is 7. The van der Waals surface area contributed by atoms with Crippen molar-refractivity contribution in [2.24, 2.45) is 0 Å². The number of benzene rings is 3. The second kappa shape index (κ2) is 12.4. The molecule has 0 aliphatic carbocycles. The van der Waals surface area contributed by atoms with Gasteiger partial charge in [0.05, 0.1) is 23.5 Å². The monoisotopic (exact) mass is 578 g/mol. The molecule has 2 amide bonds. The number of nitrogens with zero attached hydrogens (tertiary/aromatic N) is 4. The van der Waals surface area contributed by atoms with Crippen molar-refractivity contribution in [1.29, 1.82) is 0 Å². The summed E-state index contributed by atoms with van der Waals surface area (Å²) in [6.45, 7) is 8.26. The molecule has 43 heavy (non-hydrogen) atoms. The fraction of sp³-hybridized carbons (Fsp3) is 0.242. The highest BCUT2D eigenvalue weighted by Gasteiger charge is 2.22. The van der Waals surface area contributed by atoms with Gasteiger partial charge in [-0.25, -0.2) is 14.5 Å². The molecule has 0 radical (unpaired) electrons. The van der Waals surface area contributed by atoms with Crippen molar-refractivity contribution in [2.75, 3.05) is 24.4 Å². The number of ether oxygens (including phenoxy) is 2. The van der Waals surface area contributed by atoms with Crippen molar-refractivity contribution in [3.8, 4) is 17.3 Å². The average molecular weight is 579 g/mol. The number of hydrogen-bond donors (Lipinski definition) is 2. The minimum absolute atomic E-state index is 0.00678. The molecular weight excluding hydrogens is 544 g/mol. The summed E-state index contributed by atoms with van der Waals surface area (Å²) in [7, 11) is 1.47. The lowest BCUT2D eigenvalue weighted by atomic mass is 9.92. The number of urea groups is 1. The zero-order chi connectivity index (χ0) is 30.6. The number of aryl methyl sites for hydroxylation is 1. The molecule has 0 aliphatic heterocycles. The Balaban J connectivity index is 1.38. The van der Waals surface area contributed by atoms with E-state index in [0.717, 1.165) is 27.7 Å². The Hall–Kier alpha value is -5.09. The molecule has 10 nitrogen and oxygen atoms in total. The maximum absolute atomic E-state index is 13.3. The van der Waals surface area contributed by atoms with Crippen LogP contribution in [0.4, 0.5) is 16.3 Å². The van der Waals surface area contributed by atoms with E-state index in [1.165, 1.54) is 7.11 Å². The Morgan fingerprint density at radius 3 is 2.40 bits per heavy atom. The van der Waals surface area contributed by atoms with Crippen LogP contribution in [0.15, 0.2) is 79.0 Å². The molecule has 0 saturated carbocycles. The zero-order valence-electron chi connectivity index (χ0n) is 24.8. The first-order chi connectivity index (χ1) is 20.6. The number of methoxy groups -OCH3 is 1.